The minimum absolute atomic E-state index is 1.01. The van der Waals surface area contributed by atoms with Gasteiger partial charge in [0.2, 0.25) is 0 Å². The van der Waals surface area contributed by atoms with Crippen LogP contribution in [0.1, 0.15) is 51.9 Å². The van der Waals surface area contributed by atoms with E-state index >= 15 is 0 Å². The van der Waals surface area contributed by atoms with E-state index in [0.717, 1.165) is 18.9 Å². The third kappa shape index (κ3) is 4.80. The maximum absolute atomic E-state index is 4.00. The molecular formula is C13H25N. The van der Waals surface area contributed by atoms with Crippen molar-refractivity contribution in [2.45, 2.75) is 51.9 Å². The van der Waals surface area contributed by atoms with E-state index < -0.39 is 0 Å². The molecule has 0 aromatic carbocycles. The van der Waals surface area contributed by atoms with Gasteiger partial charge in [-0.05, 0) is 25.3 Å². The van der Waals surface area contributed by atoms with Gasteiger partial charge < -0.3 is 5.32 Å². The molecule has 0 saturated heterocycles. The fourth-order valence-corrected chi connectivity index (χ4v) is 2.17. The van der Waals surface area contributed by atoms with Crippen molar-refractivity contribution >= 4 is 0 Å². The molecule has 0 spiro atoms. The summed E-state index contributed by atoms with van der Waals surface area (Å²) in [7, 11) is 0. The zero-order valence-electron chi connectivity index (χ0n) is 9.65. The van der Waals surface area contributed by atoms with Gasteiger partial charge in [0.05, 0.1) is 0 Å². The van der Waals surface area contributed by atoms with Crippen molar-refractivity contribution in [2.24, 2.45) is 5.92 Å². The van der Waals surface area contributed by atoms with E-state index in [1.165, 1.54) is 50.6 Å². The van der Waals surface area contributed by atoms with Crippen molar-refractivity contribution in [1.29, 1.82) is 0 Å². The molecule has 0 bridgehead atoms. The predicted octanol–water partition coefficient (Wildman–Crippen LogP) is 3.51. The molecule has 1 heteroatoms. The second-order valence-electron chi connectivity index (χ2n) is 4.57. The third-order valence-corrected chi connectivity index (χ3v) is 3.33. The van der Waals surface area contributed by atoms with Crippen LogP contribution in [0.5, 0.6) is 0 Å². The van der Waals surface area contributed by atoms with E-state index in [1.54, 1.807) is 0 Å². The van der Waals surface area contributed by atoms with Crippen LogP contribution in [0.25, 0.3) is 0 Å². The van der Waals surface area contributed by atoms with Crippen LogP contribution in [0.2, 0.25) is 0 Å². The zero-order valence-corrected chi connectivity index (χ0v) is 9.65. The Kier molecular flexibility index (Phi) is 5.93. The van der Waals surface area contributed by atoms with Gasteiger partial charge in [-0.3, -0.25) is 0 Å². The van der Waals surface area contributed by atoms with E-state index in [9.17, 15) is 0 Å². The van der Waals surface area contributed by atoms with Crippen molar-refractivity contribution in [2.75, 3.05) is 13.1 Å². The maximum Gasteiger partial charge on any atom is 0.0161 e. The SMILES string of the molecule is C=C(CC)CNCCC1CCCCC1. The summed E-state index contributed by atoms with van der Waals surface area (Å²) in [6.07, 6.45) is 9.81. The van der Waals surface area contributed by atoms with Crippen molar-refractivity contribution in [3.05, 3.63) is 12.2 Å². The smallest absolute Gasteiger partial charge is 0.0161 e. The normalized spacial score (nSPS) is 18.4. The summed E-state index contributed by atoms with van der Waals surface area (Å²) < 4.78 is 0. The van der Waals surface area contributed by atoms with Crippen LogP contribution in [-0.2, 0) is 0 Å². The predicted molar refractivity (Wildman–Crippen MR) is 63.5 cm³/mol. The molecule has 0 aliphatic heterocycles. The molecule has 0 aromatic heterocycles. The summed E-state index contributed by atoms with van der Waals surface area (Å²) in [4.78, 5) is 0. The highest BCUT2D eigenvalue weighted by Gasteiger charge is 2.12. The molecule has 14 heavy (non-hydrogen) atoms. The summed E-state index contributed by atoms with van der Waals surface area (Å²) in [5.41, 5.74) is 1.33. The molecule has 0 amide bonds. The van der Waals surface area contributed by atoms with E-state index in [1.807, 2.05) is 0 Å². The average Bonchev–Trinajstić information content (AvgIpc) is 2.25. The Hall–Kier alpha value is -0.300. The molecular weight excluding hydrogens is 170 g/mol. The van der Waals surface area contributed by atoms with Gasteiger partial charge in [0.15, 0.2) is 0 Å². The Morgan fingerprint density at radius 1 is 1.29 bits per heavy atom. The highest BCUT2D eigenvalue weighted by molar-refractivity contribution is 4.94. The molecule has 0 unspecified atom stereocenters. The molecule has 0 atom stereocenters. The van der Waals surface area contributed by atoms with Gasteiger partial charge in [0, 0.05) is 6.54 Å². The van der Waals surface area contributed by atoms with Crippen LogP contribution in [0, 0.1) is 5.92 Å². The van der Waals surface area contributed by atoms with Gasteiger partial charge >= 0.3 is 0 Å². The van der Waals surface area contributed by atoms with Crippen molar-refractivity contribution in [3.63, 3.8) is 0 Å². The number of rotatable bonds is 6. The lowest BCUT2D eigenvalue weighted by molar-refractivity contribution is 0.335. The number of hydrogen-bond acceptors (Lipinski definition) is 1. The van der Waals surface area contributed by atoms with Gasteiger partial charge in [-0.2, -0.15) is 0 Å². The quantitative estimate of drug-likeness (QED) is 0.505. The minimum atomic E-state index is 1.01. The Labute approximate surface area is 89.0 Å². The Bertz CT molecular complexity index is 157. The van der Waals surface area contributed by atoms with E-state index in [0.29, 0.717) is 0 Å². The third-order valence-electron chi connectivity index (χ3n) is 3.33. The van der Waals surface area contributed by atoms with E-state index in [-0.39, 0.29) is 0 Å². The lowest BCUT2D eigenvalue weighted by atomic mass is 9.87. The summed E-state index contributed by atoms with van der Waals surface area (Å²) >= 11 is 0. The first-order valence-corrected chi connectivity index (χ1v) is 6.20. The first kappa shape index (κ1) is 11.8. The van der Waals surface area contributed by atoms with Gasteiger partial charge in [0.25, 0.3) is 0 Å². The molecule has 0 heterocycles. The highest BCUT2D eigenvalue weighted by Crippen LogP contribution is 2.25. The summed E-state index contributed by atoms with van der Waals surface area (Å²) in [5, 5.41) is 3.48. The Morgan fingerprint density at radius 3 is 2.64 bits per heavy atom. The van der Waals surface area contributed by atoms with Crippen molar-refractivity contribution in [1.82, 2.24) is 5.32 Å². The molecule has 1 aliphatic carbocycles. The van der Waals surface area contributed by atoms with Crippen molar-refractivity contribution in [3.8, 4) is 0 Å². The van der Waals surface area contributed by atoms with Crippen LogP contribution in [0.3, 0.4) is 0 Å². The van der Waals surface area contributed by atoms with E-state index in [2.05, 4.69) is 18.8 Å². The van der Waals surface area contributed by atoms with Crippen molar-refractivity contribution < 1.29 is 0 Å². The van der Waals surface area contributed by atoms with Gasteiger partial charge in [-0.15, -0.1) is 0 Å². The lowest BCUT2D eigenvalue weighted by Gasteiger charge is -2.21. The first-order valence-electron chi connectivity index (χ1n) is 6.20. The first-order chi connectivity index (χ1) is 6.83. The fraction of sp³-hybridized carbons (Fsp3) is 0.846. The standard InChI is InChI=1S/C13H25N/c1-3-12(2)11-14-10-9-13-7-5-4-6-8-13/h13-14H,2-11H2,1H3. The molecule has 0 aromatic rings. The molecule has 82 valence electrons. The van der Waals surface area contributed by atoms with Gasteiger partial charge in [0.1, 0.15) is 0 Å². The molecule has 1 fully saturated rings. The summed E-state index contributed by atoms with van der Waals surface area (Å²) in [6.45, 7) is 8.37. The van der Waals surface area contributed by atoms with Crippen LogP contribution < -0.4 is 5.32 Å². The van der Waals surface area contributed by atoms with Crippen LogP contribution in [0.15, 0.2) is 12.2 Å². The Balaban J connectivity index is 1.94. The highest BCUT2D eigenvalue weighted by atomic mass is 14.8. The number of nitrogens with one attached hydrogen (secondary N) is 1. The van der Waals surface area contributed by atoms with Crippen LogP contribution >= 0.6 is 0 Å². The summed E-state index contributed by atoms with van der Waals surface area (Å²) in [6, 6.07) is 0. The molecule has 1 saturated carbocycles. The molecule has 1 rings (SSSR count). The van der Waals surface area contributed by atoms with E-state index in [4.69, 9.17) is 0 Å². The molecule has 1 aliphatic rings. The molecule has 1 N–H and O–H groups in total. The minimum Gasteiger partial charge on any atom is -0.313 e. The molecule has 0 radical (unpaired) electrons. The average molecular weight is 195 g/mol. The second-order valence-corrected chi connectivity index (χ2v) is 4.57. The second kappa shape index (κ2) is 7.05. The van der Waals surface area contributed by atoms with Crippen LogP contribution in [-0.4, -0.2) is 13.1 Å². The van der Waals surface area contributed by atoms with Crippen LogP contribution in [0.4, 0.5) is 0 Å². The molecule has 1 nitrogen and oxygen atoms in total. The topological polar surface area (TPSA) is 12.0 Å². The van der Waals surface area contributed by atoms with Gasteiger partial charge in [-0.1, -0.05) is 51.2 Å². The zero-order chi connectivity index (χ0) is 10.2. The number of hydrogen-bond donors (Lipinski definition) is 1. The monoisotopic (exact) mass is 195 g/mol. The summed E-state index contributed by atoms with van der Waals surface area (Å²) in [5.74, 6) is 1.01. The maximum atomic E-state index is 4.00. The fourth-order valence-electron chi connectivity index (χ4n) is 2.17. The van der Waals surface area contributed by atoms with Gasteiger partial charge in [-0.25, -0.2) is 0 Å². The lowest BCUT2D eigenvalue weighted by Crippen LogP contribution is -2.21. The largest absolute Gasteiger partial charge is 0.313 e. The Morgan fingerprint density at radius 2 is 2.00 bits per heavy atom.